The van der Waals surface area contributed by atoms with Gasteiger partial charge in [-0.2, -0.15) is 0 Å². The quantitative estimate of drug-likeness (QED) is 0.604. The summed E-state index contributed by atoms with van der Waals surface area (Å²) in [6.07, 6.45) is 6.19. The van der Waals surface area contributed by atoms with Gasteiger partial charge in [0.15, 0.2) is 0 Å². The van der Waals surface area contributed by atoms with E-state index in [1.807, 2.05) is 65.6 Å². The third-order valence-electron chi connectivity index (χ3n) is 7.43. The van der Waals surface area contributed by atoms with Crippen molar-refractivity contribution >= 4 is 17.7 Å². The summed E-state index contributed by atoms with van der Waals surface area (Å²) in [5, 5.41) is 13.2. The standard InChI is InChI=1S/C29H28N4O2/c34-22-9-7-21(8-10-22)25-16-23(28(35)33-15-13-29(19-33)12-14-30-18-29)27-24(31-17-26(27)32-25)11-6-20-4-2-1-3-5-20/h1-11,16,30,34H,12-15,17-19H2/b11-6+. The molecule has 6 rings (SSSR count). The SMILES string of the molecule is O=C(c1cc(-c2ccc(O)cc2)nc2c1C(/C=C/c1ccccc1)=NC2)N1CCC2(CCNC2)C1. The van der Waals surface area contributed by atoms with Crippen molar-refractivity contribution < 1.29 is 9.90 Å². The number of fused-ring (bicyclic) bond motifs is 1. The molecule has 2 fully saturated rings. The van der Waals surface area contributed by atoms with Crippen molar-refractivity contribution in [3.8, 4) is 17.0 Å². The molecule has 176 valence electrons. The van der Waals surface area contributed by atoms with E-state index < -0.39 is 0 Å². The van der Waals surface area contributed by atoms with Crippen molar-refractivity contribution in [2.75, 3.05) is 26.2 Å². The molecule has 6 nitrogen and oxygen atoms in total. The maximum absolute atomic E-state index is 14.0. The number of rotatable bonds is 4. The number of hydrogen-bond donors (Lipinski definition) is 2. The van der Waals surface area contributed by atoms with Gasteiger partial charge in [0.05, 0.1) is 29.2 Å². The largest absolute Gasteiger partial charge is 0.508 e. The third-order valence-corrected chi connectivity index (χ3v) is 7.43. The Morgan fingerprint density at radius 2 is 1.89 bits per heavy atom. The Kier molecular flexibility index (Phi) is 5.46. The number of nitrogens with one attached hydrogen (secondary N) is 1. The minimum atomic E-state index is 0.0511. The molecule has 2 aromatic carbocycles. The summed E-state index contributed by atoms with van der Waals surface area (Å²) in [4.78, 5) is 25.6. The Morgan fingerprint density at radius 1 is 1.06 bits per heavy atom. The number of carbonyl (C=O) groups excluding carboxylic acids is 1. The van der Waals surface area contributed by atoms with E-state index in [0.717, 1.165) is 72.8 Å². The number of pyridine rings is 1. The number of aromatic hydroxyl groups is 1. The van der Waals surface area contributed by atoms with Gasteiger partial charge in [-0.15, -0.1) is 0 Å². The van der Waals surface area contributed by atoms with Crippen LogP contribution in [0.4, 0.5) is 0 Å². The van der Waals surface area contributed by atoms with Crippen LogP contribution in [0.5, 0.6) is 5.75 Å². The number of carbonyl (C=O) groups is 1. The highest BCUT2D eigenvalue weighted by Crippen LogP contribution is 2.38. The van der Waals surface area contributed by atoms with Crippen molar-refractivity contribution in [3.05, 3.63) is 89.1 Å². The molecule has 3 aliphatic heterocycles. The van der Waals surface area contributed by atoms with E-state index in [9.17, 15) is 9.90 Å². The van der Waals surface area contributed by atoms with Gasteiger partial charge in [0, 0.05) is 36.2 Å². The van der Waals surface area contributed by atoms with Gasteiger partial charge in [0.2, 0.25) is 0 Å². The number of aromatic nitrogens is 1. The Morgan fingerprint density at radius 3 is 2.66 bits per heavy atom. The minimum absolute atomic E-state index is 0.0511. The molecule has 1 spiro atoms. The summed E-state index contributed by atoms with van der Waals surface area (Å²) < 4.78 is 0. The molecule has 35 heavy (non-hydrogen) atoms. The summed E-state index contributed by atoms with van der Waals surface area (Å²) in [6, 6.07) is 19.0. The first-order chi connectivity index (χ1) is 17.1. The highest BCUT2D eigenvalue weighted by atomic mass is 16.3. The van der Waals surface area contributed by atoms with Gasteiger partial charge in [-0.1, -0.05) is 36.4 Å². The minimum Gasteiger partial charge on any atom is -0.508 e. The number of hydrogen-bond acceptors (Lipinski definition) is 5. The van der Waals surface area contributed by atoms with Crippen molar-refractivity contribution in [3.63, 3.8) is 0 Å². The average molecular weight is 465 g/mol. The molecule has 0 aliphatic carbocycles. The zero-order chi connectivity index (χ0) is 23.8. The Labute approximate surface area is 205 Å². The maximum Gasteiger partial charge on any atom is 0.254 e. The third kappa shape index (κ3) is 4.15. The monoisotopic (exact) mass is 464 g/mol. The van der Waals surface area contributed by atoms with Crippen LogP contribution in [0.2, 0.25) is 0 Å². The first-order valence-corrected chi connectivity index (χ1v) is 12.2. The average Bonchev–Trinajstić information content (AvgIpc) is 3.64. The number of benzene rings is 2. The van der Waals surface area contributed by atoms with Crippen molar-refractivity contribution in [1.29, 1.82) is 0 Å². The summed E-state index contributed by atoms with van der Waals surface area (Å²) >= 11 is 0. The van der Waals surface area contributed by atoms with Crippen LogP contribution in [-0.2, 0) is 6.54 Å². The second-order valence-electron chi connectivity index (χ2n) is 9.77. The maximum atomic E-state index is 14.0. The molecule has 6 heteroatoms. The number of phenolic OH excluding ortho intramolecular Hbond substituents is 1. The lowest BCUT2D eigenvalue weighted by atomic mass is 9.86. The zero-order valence-electron chi connectivity index (χ0n) is 19.6. The van der Waals surface area contributed by atoms with Crippen LogP contribution < -0.4 is 5.32 Å². The molecule has 1 amide bonds. The van der Waals surface area contributed by atoms with E-state index in [-0.39, 0.29) is 17.1 Å². The predicted octanol–water partition coefficient (Wildman–Crippen LogP) is 4.30. The number of allylic oxidation sites excluding steroid dienone is 1. The molecule has 4 heterocycles. The van der Waals surface area contributed by atoms with Crippen LogP contribution in [0.1, 0.15) is 40.0 Å². The fraction of sp³-hybridized carbons (Fsp3) is 0.276. The first-order valence-electron chi connectivity index (χ1n) is 12.2. The Hall–Kier alpha value is -3.77. The molecule has 0 saturated carbocycles. The lowest BCUT2D eigenvalue weighted by Crippen LogP contribution is -2.34. The second-order valence-corrected chi connectivity index (χ2v) is 9.77. The van der Waals surface area contributed by atoms with Crippen LogP contribution in [0.15, 0.2) is 71.7 Å². The Bertz CT molecular complexity index is 1320. The van der Waals surface area contributed by atoms with Crippen LogP contribution in [-0.4, -0.2) is 52.8 Å². The number of amides is 1. The van der Waals surface area contributed by atoms with Crippen LogP contribution in [0, 0.1) is 5.41 Å². The summed E-state index contributed by atoms with van der Waals surface area (Å²) in [5.41, 5.74) is 6.01. The molecule has 2 saturated heterocycles. The molecule has 1 atom stereocenters. The lowest BCUT2D eigenvalue weighted by Gasteiger charge is -2.23. The number of nitrogens with zero attached hydrogens (tertiary/aromatic N) is 3. The van der Waals surface area contributed by atoms with Crippen molar-refractivity contribution in [2.24, 2.45) is 10.4 Å². The van der Waals surface area contributed by atoms with Gasteiger partial charge in [-0.3, -0.25) is 14.8 Å². The number of aliphatic imine (C=N–C) groups is 1. The van der Waals surface area contributed by atoms with Gasteiger partial charge >= 0.3 is 0 Å². The van der Waals surface area contributed by atoms with E-state index in [1.54, 1.807) is 12.1 Å². The molecule has 0 bridgehead atoms. The number of likely N-dealkylation sites (tertiary alicyclic amines) is 1. The van der Waals surface area contributed by atoms with Crippen LogP contribution in [0.3, 0.4) is 0 Å². The summed E-state index contributed by atoms with van der Waals surface area (Å²) in [6.45, 7) is 4.02. The van der Waals surface area contributed by atoms with Crippen molar-refractivity contribution in [1.82, 2.24) is 15.2 Å². The number of phenols is 1. The highest BCUT2D eigenvalue weighted by Gasteiger charge is 2.42. The van der Waals surface area contributed by atoms with Crippen LogP contribution in [0.25, 0.3) is 17.3 Å². The molecule has 3 aliphatic rings. The van der Waals surface area contributed by atoms with Gasteiger partial charge < -0.3 is 15.3 Å². The van der Waals surface area contributed by atoms with E-state index >= 15 is 0 Å². The molecule has 1 aromatic heterocycles. The first kappa shape index (κ1) is 21.7. The topological polar surface area (TPSA) is 77.8 Å². The predicted molar refractivity (Wildman–Crippen MR) is 137 cm³/mol. The second kappa shape index (κ2) is 8.78. The van der Waals surface area contributed by atoms with E-state index in [2.05, 4.69) is 5.32 Å². The summed E-state index contributed by atoms with van der Waals surface area (Å²) in [5.74, 6) is 0.255. The fourth-order valence-corrected chi connectivity index (χ4v) is 5.48. The molecule has 1 unspecified atom stereocenters. The zero-order valence-corrected chi connectivity index (χ0v) is 19.6. The molecule has 0 radical (unpaired) electrons. The van der Waals surface area contributed by atoms with Crippen molar-refractivity contribution in [2.45, 2.75) is 19.4 Å². The van der Waals surface area contributed by atoms with Gasteiger partial charge in [0.1, 0.15) is 5.75 Å². The smallest absolute Gasteiger partial charge is 0.254 e. The molecule has 3 aromatic rings. The molecular formula is C29H28N4O2. The molecular weight excluding hydrogens is 436 g/mol. The van der Waals surface area contributed by atoms with Gasteiger partial charge in [-0.25, -0.2) is 0 Å². The van der Waals surface area contributed by atoms with Crippen LogP contribution >= 0.6 is 0 Å². The summed E-state index contributed by atoms with van der Waals surface area (Å²) in [7, 11) is 0. The van der Waals surface area contributed by atoms with Gasteiger partial charge in [-0.05, 0) is 61.4 Å². The fourth-order valence-electron chi connectivity index (χ4n) is 5.48. The van der Waals surface area contributed by atoms with Gasteiger partial charge in [0.25, 0.3) is 5.91 Å². The Balaban J connectivity index is 1.39. The highest BCUT2D eigenvalue weighted by molar-refractivity contribution is 6.18. The lowest BCUT2D eigenvalue weighted by molar-refractivity contribution is 0.0775. The van der Waals surface area contributed by atoms with E-state index in [4.69, 9.17) is 9.98 Å². The van der Waals surface area contributed by atoms with E-state index in [1.165, 1.54) is 0 Å². The normalized spacial score (nSPS) is 21.1. The molecule has 2 N–H and O–H groups in total. The van der Waals surface area contributed by atoms with E-state index in [0.29, 0.717) is 12.1 Å².